The first-order valence-electron chi connectivity index (χ1n) is 10.8. The Bertz CT molecular complexity index is 1780. The van der Waals surface area contributed by atoms with E-state index < -0.39 is 0 Å². The zero-order valence-corrected chi connectivity index (χ0v) is 17.5. The van der Waals surface area contributed by atoms with Crippen LogP contribution in [0.2, 0.25) is 0 Å². The van der Waals surface area contributed by atoms with Gasteiger partial charge in [-0.2, -0.15) is 0 Å². The second-order valence-corrected chi connectivity index (χ2v) is 7.91. The molecule has 33 heavy (non-hydrogen) atoms. The monoisotopic (exact) mass is 427 g/mol. The molecular formula is C28H17N3O2. The molecule has 0 amide bonds. The Kier molecular flexibility index (Phi) is 3.78. The third-order valence-electron chi connectivity index (χ3n) is 6.02. The summed E-state index contributed by atoms with van der Waals surface area (Å²) in [6.45, 7) is 0. The number of fused-ring (bicyclic) bond motifs is 6. The summed E-state index contributed by atoms with van der Waals surface area (Å²) in [6, 6.07) is 28.3. The molecule has 0 saturated carbocycles. The van der Waals surface area contributed by atoms with Gasteiger partial charge < -0.3 is 13.7 Å². The van der Waals surface area contributed by atoms with Crippen LogP contribution in [0.5, 0.6) is 0 Å². The summed E-state index contributed by atoms with van der Waals surface area (Å²) in [7, 11) is 0. The minimum Gasteiger partial charge on any atom is -0.454 e. The minimum atomic E-state index is 0.597. The number of benzene rings is 3. The van der Waals surface area contributed by atoms with E-state index in [9.17, 15) is 0 Å². The number of aromatic nitrogens is 2. The highest BCUT2D eigenvalue weighted by Crippen LogP contribution is 2.45. The van der Waals surface area contributed by atoms with Gasteiger partial charge in [-0.15, -0.1) is 0 Å². The summed E-state index contributed by atoms with van der Waals surface area (Å²) < 4.78 is 12.4. The van der Waals surface area contributed by atoms with Crippen molar-refractivity contribution in [1.29, 1.82) is 0 Å². The second-order valence-electron chi connectivity index (χ2n) is 7.91. The van der Waals surface area contributed by atoms with E-state index in [4.69, 9.17) is 8.83 Å². The van der Waals surface area contributed by atoms with Crippen molar-refractivity contribution in [1.82, 2.24) is 9.97 Å². The summed E-state index contributed by atoms with van der Waals surface area (Å²) >= 11 is 0. The molecule has 0 aliphatic heterocycles. The summed E-state index contributed by atoms with van der Waals surface area (Å²) in [6.07, 6.45) is 5.50. The van der Waals surface area contributed by atoms with Crippen LogP contribution >= 0.6 is 0 Å². The lowest BCUT2D eigenvalue weighted by Crippen LogP contribution is -2.11. The molecule has 4 aromatic heterocycles. The topological polar surface area (TPSA) is 55.3 Å². The van der Waals surface area contributed by atoms with Gasteiger partial charge in [-0.25, -0.2) is 4.98 Å². The van der Waals surface area contributed by atoms with E-state index in [0.717, 1.165) is 55.4 Å². The Hall–Kier alpha value is -4.64. The molecule has 5 heteroatoms. The highest BCUT2D eigenvalue weighted by atomic mass is 16.3. The molecule has 156 valence electrons. The molecule has 0 N–H and O–H groups in total. The van der Waals surface area contributed by atoms with E-state index in [-0.39, 0.29) is 0 Å². The van der Waals surface area contributed by atoms with E-state index in [1.54, 1.807) is 6.20 Å². The number of hydrogen-bond acceptors (Lipinski definition) is 5. The number of anilines is 3. The van der Waals surface area contributed by atoms with Gasteiger partial charge in [0.25, 0.3) is 0 Å². The molecular weight excluding hydrogens is 410 g/mol. The Balaban J connectivity index is 1.60. The summed E-state index contributed by atoms with van der Waals surface area (Å²) in [5.74, 6) is 0. The van der Waals surface area contributed by atoms with Gasteiger partial charge in [-0.1, -0.05) is 54.6 Å². The van der Waals surface area contributed by atoms with Crippen molar-refractivity contribution in [2.45, 2.75) is 0 Å². The quantitative estimate of drug-likeness (QED) is 0.289. The van der Waals surface area contributed by atoms with Crippen LogP contribution in [0, 0.1) is 0 Å². The normalized spacial score (nSPS) is 11.6. The van der Waals surface area contributed by atoms with Gasteiger partial charge in [-0.05, 0) is 30.3 Å². The van der Waals surface area contributed by atoms with Gasteiger partial charge in [0, 0.05) is 34.2 Å². The highest BCUT2D eigenvalue weighted by molar-refractivity contribution is 6.14. The van der Waals surface area contributed by atoms with Crippen molar-refractivity contribution in [2.24, 2.45) is 0 Å². The average Bonchev–Trinajstić information content (AvgIpc) is 3.44. The summed E-state index contributed by atoms with van der Waals surface area (Å²) in [4.78, 5) is 11.3. The number of nitrogens with zero attached hydrogens (tertiary/aromatic N) is 3. The SMILES string of the molecule is c1ccc(N(c2cncc3c2oc2ccccc23)c2ccnc3oc4ccccc4c23)cc1. The molecule has 0 radical (unpaired) electrons. The molecule has 0 spiro atoms. The lowest BCUT2D eigenvalue weighted by Gasteiger charge is -2.25. The van der Waals surface area contributed by atoms with Crippen LogP contribution in [-0.4, -0.2) is 9.97 Å². The largest absolute Gasteiger partial charge is 0.454 e. The van der Waals surface area contributed by atoms with Crippen LogP contribution in [0.25, 0.3) is 44.0 Å². The molecule has 0 saturated heterocycles. The fraction of sp³-hybridized carbons (Fsp3) is 0. The predicted molar refractivity (Wildman–Crippen MR) is 131 cm³/mol. The molecule has 0 fully saturated rings. The Morgan fingerprint density at radius 3 is 2.18 bits per heavy atom. The fourth-order valence-corrected chi connectivity index (χ4v) is 4.59. The van der Waals surface area contributed by atoms with E-state index in [0.29, 0.717) is 5.71 Å². The summed E-state index contributed by atoms with van der Waals surface area (Å²) in [5, 5.41) is 3.99. The number of pyridine rings is 2. The Labute approximate surface area is 188 Å². The lowest BCUT2D eigenvalue weighted by atomic mass is 10.1. The van der Waals surface area contributed by atoms with Crippen LogP contribution in [0.1, 0.15) is 0 Å². The van der Waals surface area contributed by atoms with E-state index >= 15 is 0 Å². The Morgan fingerprint density at radius 2 is 1.33 bits per heavy atom. The number of hydrogen-bond donors (Lipinski definition) is 0. The number of para-hydroxylation sites is 3. The third-order valence-corrected chi connectivity index (χ3v) is 6.02. The van der Waals surface area contributed by atoms with Crippen molar-refractivity contribution >= 4 is 61.1 Å². The van der Waals surface area contributed by atoms with Gasteiger partial charge >= 0.3 is 0 Å². The number of furan rings is 2. The first-order chi connectivity index (χ1) is 16.4. The molecule has 0 atom stereocenters. The molecule has 5 nitrogen and oxygen atoms in total. The molecule has 0 bridgehead atoms. The minimum absolute atomic E-state index is 0.597. The molecule has 7 aromatic rings. The molecule has 7 rings (SSSR count). The predicted octanol–water partition coefficient (Wildman–Crippen LogP) is 7.75. The van der Waals surface area contributed by atoms with Crippen molar-refractivity contribution in [3.05, 3.63) is 104 Å². The van der Waals surface area contributed by atoms with Gasteiger partial charge in [-0.3, -0.25) is 4.98 Å². The van der Waals surface area contributed by atoms with Crippen LogP contribution in [0.3, 0.4) is 0 Å². The van der Waals surface area contributed by atoms with Crippen LogP contribution in [0.4, 0.5) is 17.1 Å². The zero-order chi connectivity index (χ0) is 21.8. The second kappa shape index (κ2) is 6.93. The summed E-state index contributed by atoms with van der Waals surface area (Å²) in [5.41, 5.74) is 5.82. The van der Waals surface area contributed by atoms with Crippen LogP contribution in [-0.2, 0) is 0 Å². The van der Waals surface area contributed by atoms with Crippen molar-refractivity contribution in [3.8, 4) is 0 Å². The maximum absolute atomic E-state index is 6.37. The average molecular weight is 427 g/mol. The third kappa shape index (κ3) is 2.66. The molecule has 0 aliphatic rings. The van der Waals surface area contributed by atoms with Gasteiger partial charge in [0.1, 0.15) is 16.9 Å². The first kappa shape index (κ1) is 18.0. The first-order valence-corrected chi connectivity index (χ1v) is 10.8. The van der Waals surface area contributed by atoms with E-state index in [2.05, 4.69) is 39.1 Å². The molecule has 0 unspecified atom stereocenters. The lowest BCUT2D eigenvalue weighted by molar-refractivity contribution is 0.654. The van der Waals surface area contributed by atoms with E-state index in [1.807, 2.05) is 73.1 Å². The Morgan fingerprint density at radius 1 is 0.606 bits per heavy atom. The van der Waals surface area contributed by atoms with Crippen molar-refractivity contribution in [2.75, 3.05) is 4.90 Å². The molecule has 4 heterocycles. The maximum atomic E-state index is 6.37. The van der Waals surface area contributed by atoms with Crippen molar-refractivity contribution in [3.63, 3.8) is 0 Å². The molecule has 3 aromatic carbocycles. The molecule has 0 aliphatic carbocycles. The highest BCUT2D eigenvalue weighted by Gasteiger charge is 2.23. The maximum Gasteiger partial charge on any atom is 0.229 e. The smallest absolute Gasteiger partial charge is 0.229 e. The van der Waals surface area contributed by atoms with Crippen molar-refractivity contribution < 1.29 is 8.83 Å². The van der Waals surface area contributed by atoms with Crippen LogP contribution < -0.4 is 4.90 Å². The standard InChI is InChI=1S/C28H17N3O2/c1-2-8-18(9-3-1)31(22-14-15-30-28-26(22)20-11-5-7-13-25(20)33-28)23-17-29-16-21-19-10-4-6-12-24(19)32-27(21)23/h1-17H. The van der Waals surface area contributed by atoms with E-state index in [1.165, 1.54) is 0 Å². The number of rotatable bonds is 3. The fourth-order valence-electron chi connectivity index (χ4n) is 4.59. The van der Waals surface area contributed by atoms with Gasteiger partial charge in [0.15, 0.2) is 5.58 Å². The van der Waals surface area contributed by atoms with Gasteiger partial charge in [0.05, 0.1) is 17.3 Å². The van der Waals surface area contributed by atoms with Gasteiger partial charge in [0.2, 0.25) is 5.71 Å². The van der Waals surface area contributed by atoms with Crippen LogP contribution in [0.15, 0.2) is 112 Å². The zero-order valence-electron chi connectivity index (χ0n) is 17.5.